The Labute approximate surface area is 190 Å². The molecule has 0 spiro atoms. The molecule has 166 valence electrons. The molecule has 1 aromatic heterocycles. The second-order valence-corrected chi connectivity index (χ2v) is 7.20. The minimum absolute atomic E-state index is 0.0687. The molecule has 3 aromatic carbocycles. The summed E-state index contributed by atoms with van der Waals surface area (Å²) in [7, 11) is 3.06. The van der Waals surface area contributed by atoms with Gasteiger partial charge in [0.05, 0.1) is 14.2 Å². The summed E-state index contributed by atoms with van der Waals surface area (Å²) in [4.78, 5) is 25.2. The number of rotatable bonds is 8. The van der Waals surface area contributed by atoms with Crippen LogP contribution in [0.2, 0.25) is 0 Å². The van der Waals surface area contributed by atoms with Gasteiger partial charge < -0.3 is 18.6 Å². The summed E-state index contributed by atoms with van der Waals surface area (Å²) in [5, 5.41) is 0.593. The first-order valence-electron chi connectivity index (χ1n) is 10.3. The van der Waals surface area contributed by atoms with Crippen molar-refractivity contribution in [2.45, 2.75) is 6.61 Å². The highest BCUT2D eigenvalue weighted by Gasteiger charge is 2.13. The van der Waals surface area contributed by atoms with Gasteiger partial charge in [-0.3, -0.25) is 4.79 Å². The van der Waals surface area contributed by atoms with Gasteiger partial charge in [0.1, 0.15) is 23.5 Å². The van der Waals surface area contributed by atoms with E-state index in [9.17, 15) is 9.59 Å². The summed E-state index contributed by atoms with van der Waals surface area (Å²) in [5.74, 6) is 1.16. The Hall–Kier alpha value is -4.32. The summed E-state index contributed by atoms with van der Waals surface area (Å²) < 4.78 is 21.8. The highest BCUT2D eigenvalue weighted by molar-refractivity contribution is 6.08. The zero-order chi connectivity index (χ0) is 23.2. The molecule has 0 saturated heterocycles. The number of ether oxygens (including phenoxy) is 3. The molecule has 33 heavy (non-hydrogen) atoms. The molecule has 0 aliphatic carbocycles. The highest BCUT2D eigenvalue weighted by Crippen LogP contribution is 2.31. The number of methoxy groups -OCH3 is 2. The number of ketones is 1. The highest BCUT2D eigenvalue weighted by atomic mass is 16.5. The van der Waals surface area contributed by atoms with Gasteiger partial charge in [-0.1, -0.05) is 42.5 Å². The van der Waals surface area contributed by atoms with Crippen LogP contribution in [0.25, 0.3) is 17.0 Å². The smallest absolute Gasteiger partial charge is 0.347 e. The largest absolute Gasteiger partial charge is 0.493 e. The van der Waals surface area contributed by atoms with Gasteiger partial charge in [-0.15, -0.1) is 0 Å². The predicted octanol–water partition coefficient (Wildman–Crippen LogP) is 5.29. The van der Waals surface area contributed by atoms with Crippen LogP contribution in [0.4, 0.5) is 0 Å². The zero-order valence-electron chi connectivity index (χ0n) is 18.2. The lowest BCUT2D eigenvalue weighted by Crippen LogP contribution is -2.12. The third-order valence-electron chi connectivity index (χ3n) is 5.07. The van der Waals surface area contributed by atoms with E-state index in [1.807, 2.05) is 30.3 Å². The number of allylic oxidation sites excluding steroid dienone is 1. The van der Waals surface area contributed by atoms with Crippen LogP contribution in [-0.4, -0.2) is 20.0 Å². The van der Waals surface area contributed by atoms with Crippen LogP contribution >= 0.6 is 0 Å². The lowest BCUT2D eigenvalue weighted by Gasteiger charge is -2.09. The molecular weight excluding hydrogens is 420 g/mol. The second kappa shape index (κ2) is 9.87. The van der Waals surface area contributed by atoms with E-state index in [1.54, 1.807) is 42.5 Å². The van der Waals surface area contributed by atoms with Crippen molar-refractivity contribution in [2.75, 3.05) is 14.2 Å². The average Bonchev–Trinajstić information content (AvgIpc) is 2.85. The van der Waals surface area contributed by atoms with Gasteiger partial charge in [-0.2, -0.15) is 0 Å². The molecule has 0 unspecified atom stereocenters. The van der Waals surface area contributed by atoms with E-state index < -0.39 is 11.4 Å². The molecule has 0 saturated carbocycles. The molecule has 0 bridgehead atoms. The van der Waals surface area contributed by atoms with Gasteiger partial charge in [-0.25, -0.2) is 4.79 Å². The Kier molecular flexibility index (Phi) is 6.55. The molecule has 4 rings (SSSR count). The first-order valence-corrected chi connectivity index (χ1v) is 10.3. The van der Waals surface area contributed by atoms with E-state index in [-0.39, 0.29) is 5.56 Å². The van der Waals surface area contributed by atoms with Crippen LogP contribution in [0.1, 0.15) is 21.5 Å². The fraction of sp³-hybridized carbons (Fsp3) is 0.111. The molecule has 0 amide bonds. The maximum Gasteiger partial charge on any atom is 0.347 e. The molecule has 4 aromatic rings. The summed E-state index contributed by atoms with van der Waals surface area (Å²) in [6.45, 7) is 0.403. The average molecular weight is 442 g/mol. The molecule has 0 atom stereocenters. The Bertz CT molecular complexity index is 1370. The van der Waals surface area contributed by atoms with Gasteiger partial charge >= 0.3 is 5.63 Å². The number of benzene rings is 3. The standard InChI is InChI=1S/C27H22O6/c1-30-25-10-6-9-19(26(25)31-2)11-13-23(28)22-16-20-15-21(12-14-24(20)33-27(22)29)32-17-18-7-4-3-5-8-18/h3-16H,17H2,1-2H3/b13-11+. The Morgan fingerprint density at radius 2 is 1.76 bits per heavy atom. The van der Waals surface area contributed by atoms with Crippen LogP contribution in [0.15, 0.2) is 88.1 Å². The lowest BCUT2D eigenvalue weighted by atomic mass is 10.1. The second-order valence-electron chi connectivity index (χ2n) is 7.20. The van der Waals surface area contributed by atoms with E-state index in [1.165, 1.54) is 26.4 Å². The molecular formula is C27H22O6. The van der Waals surface area contributed by atoms with Crippen molar-refractivity contribution in [3.8, 4) is 17.2 Å². The Morgan fingerprint density at radius 3 is 2.52 bits per heavy atom. The van der Waals surface area contributed by atoms with E-state index in [0.29, 0.717) is 40.4 Å². The third kappa shape index (κ3) is 4.96. The topological polar surface area (TPSA) is 75.0 Å². The minimum atomic E-state index is -0.701. The summed E-state index contributed by atoms with van der Waals surface area (Å²) >= 11 is 0. The van der Waals surface area contributed by atoms with E-state index in [4.69, 9.17) is 18.6 Å². The van der Waals surface area contributed by atoms with E-state index in [2.05, 4.69) is 0 Å². The number of fused-ring (bicyclic) bond motifs is 1. The first kappa shape index (κ1) is 21.9. The van der Waals surface area contributed by atoms with Crippen LogP contribution in [-0.2, 0) is 6.61 Å². The predicted molar refractivity (Wildman–Crippen MR) is 126 cm³/mol. The first-order chi connectivity index (χ1) is 16.1. The molecule has 0 N–H and O–H groups in total. The summed E-state index contributed by atoms with van der Waals surface area (Å²) in [6, 6.07) is 21.7. The van der Waals surface area contributed by atoms with E-state index in [0.717, 1.165) is 5.56 Å². The molecule has 1 heterocycles. The van der Waals surface area contributed by atoms with E-state index >= 15 is 0 Å². The van der Waals surface area contributed by atoms with Crippen LogP contribution in [0, 0.1) is 0 Å². The van der Waals surface area contributed by atoms with Gasteiger partial charge in [0.25, 0.3) is 0 Å². The lowest BCUT2D eigenvalue weighted by molar-refractivity contribution is 0.104. The Balaban J connectivity index is 1.59. The number of hydrogen-bond acceptors (Lipinski definition) is 6. The fourth-order valence-electron chi connectivity index (χ4n) is 3.40. The number of carbonyl (C=O) groups excluding carboxylic acids is 1. The molecule has 0 aliphatic rings. The summed E-state index contributed by atoms with van der Waals surface area (Å²) in [5.41, 5.74) is 1.29. The number of para-hydroxylation sites is 1. The van der Waals surface area contributed by atoms with Crippen molar-refractivity contribution in [1.82, 2.24) is 0 Å². The number of carbonyl (C=O) groups is 1. The maximum absolute atomic E-state index is 12.8. The van der Waals surface area contributed by atoms with Crippen LogP contribution in [0.5, 0.6) is 17.2 Å². The molecule has 6 nitrogen and oxygen atoms in total. The van der Waals surface area contributed by atoms with Crippen molar-refractivity contribution in [3.63, 3.8) is 0 Å². The Morgan fingerprint density at radius 1 is 0.939 bits per heavy atom. The monoisotopic (exact) mass is 442 g/mol. The van der Waals surface area contributed by atoms with Crippen molar-refractivity contribution >= 4 is 22.8 Å². The minimum Gasteiger partial charge on any atom is -0.493 e. The molecule has 6 heteroatoms. The third-order valence-corrected chi connectivity index (χ3v) is 5.07. The van der Waals surface area contributed by atoms with Crippen molar-refractivity contribution in [1.29, 1.82) is 0 Å². The van der Waals surface area contributed by atoms with Gasteiger partial charge in [0.2, 0.25) is 0 Å². The van der Waals surface area contributed by atoms with Gasteiger partial charge in [0, 0.05) is 10.9 Å². The molecule has 0 aliphatic heterocycles. The molecule has 0 fully saturated rings. The van der Waals surface area contributed by atoms with Crippen LogP contribution < -0.4 is 19.8 Å². The normalized spacial score (nSPS) is 11.0. The quantitative estimate of drug-likeness (QED) is 0.210. The molecule has 0 radical (unpaired) electrons. The SMILES string of the molecule is COc1cccc(/C=C/C(=O)c2cc3cc(OCc4ccccc4)ccc3oc2=O)c1OC. The van der Waals surface area contributed by atoms with Crippen molar-refractivity contribution in [3.05, 3.63) is 106 Å². The van der Waals surface area contributed by atoms with Crippen molar-refractivity contribution < 1.29 is 23.4 Å². The fourth-order valence-corrected chi connectivity index (χ4v) is 3.40. The van der Waals surface area contributed by atoms with Gasteiger partial charge in [-0.05, 0) is 48.0 Å². The van der Waals surface area contributed by atoms with Crippen LogP contribution in [0.3, 0.4) is 0 Å². The maximum atomic E-state index is 12.8. The summed E-state index contributed by atoms with van der Waals surface area (Å²) in [6.07, 6.45) is 2.89. The van der Waals surface area contributed by atoms with Crippen molar-refractivity contribution in [2.24, 2.45) is 0 Å². The number of hydrogen-bond donors (Lipinski definition) is 0. The zero-order valence-corrected chi connectivity index (χ0v) is 18.2. The van der Waals surface area contributed by atoms with Gasteiger partial charge in [0.15, 0.2) is 17.3 Å².